The van der Waals surface area contributed by atoms with E-state index in [1.165, 1.54) is 0 Å². The van der Waals surface area contributed by atoms with E-state index in [0.29, 0.717) is 11.1 Å². The summed E-state index contributed by atoms with van der Waals surface area (Å²) in [6.45, 7) is 7.09. The second-order valence-corrected chi connectivity index (χ2v) is 9.21. The van der Waals surface area contributed by atoms with E-state index in [9.17, 15) is 18.0 Å². The number of nitrogens with zero attached hydrogens (tertiary/aromatic N) is 1. The summed E-state index contributed by atoms with van der Waals surface area (Å²) in [6.07, 6.45) is 0.158. The summed E-state index contributed by atoms with van der Waals surface area (Å²) in [5, 5.41) is 0. The third kappa shape index (κ3) is 3.20. The average molecular weight is 389 g/mol. The number of carbonyl (C=O) groups excluding carboxylic acids is 2. The third-order valence-electron chi connectivity index (χ3n) is 4.85. The highest BCUT2D eigenvalue weighted by atomic mass is 32.2. The highest BCUT2D eigenvalue weighted by molar-refractivity contribution is 7.89. The molecule has 1 aliphatic rings. The molecule has 27 heavy (non-hydrogen) atoms. The Bertz CT molecular complexity index is 1020. The SMILES string of the molecule is CCOC(=O)c1c2c(n(S(=O)(=O)Cc3ccccc3)c1C)C(=O)CC2(C)C. The Morgan fingerprint density at radius 1 is 1.22 bits per heavy atom. The van der Waals surface area contributed by atoms with E-state index in [-0.39, 0.29) is 41.5 Å². The summed E-state index contributed by atoms with van der Waals surface area (Å²) in [6, 6.07) is 8.76. The average Bonchev–Trinajstić information content (AvgIpc) is 3.00. The van der Waals surface area contributed by atoms with E-state index in [1.54, 1.807) is 44.2 Å². The predicted molar refractivity (Wildman–Crippen MR) is 102 cm³/mol. The summed E-state index contributed by atoms with van der Waals surface area (Å²) in [7, 11) is -3.89. The Hall–Kier alpha value is -2.41. The van der Waals surface area contributed by atoms with Gasteiger partial charge >= 0.3 is 5.97 Å². The number of esters is 1. The number of carbonyl (C=O) groups is 2. The standard InChI is InChI=1S/C20H23NO5S/c1-5-26-19(23)16-13(2)21(18-15(22)11-20(3,4)17(16)18)27(24,25)12-14-9-7-6-8-10-14/h6-10H,5,11-12H2,1-4H3. The molecule has 0 spiro atoms. The number of hydrogen-bond donors (Lipinski definition) is 0. The van der Waals surface area contributed by atoms with Crippen molar-refractivity contribution in [3.05, 3.63) is 58.4 Å². The van der Waals surface area contributed by atoms with Crippen LogP contribution in [0.1, 0.15) is 64.9 Å². The molecule has 0 saturated heterocycles. The third-order valence-corrected chi connectivity index (χ3v) is 6.56. The Morgan fingerprint density at radius 3 is 2.44 bits per heavy atom. The lowest BCUT2D eigenvalue weighted by atomic mass is 9.84. The minimum atomic E-state index is -3.89. The van der Waals surface area contributed by atoms with Crippen molar-refractivity contribution in [2.75, 3.05) is 6.61 Å². The van der Waals surface area contributed by atoms with Crippen LogP contribution in [0.4, 0.5) is 0 Å². The number of ketones is 1. The molecule has 7 heteroatoms. The second-order valence-electron chi connectivity index (χ2n) is 7.39. The monoisotopic (exact) mass is 389 g/mol. The fourth-order valence-electron chi connectivity index (χ4n) is 3.81. The topological polar surface area (TPSA) is 82.4 Å². The van der Waals surface area contributed by atoms with Crippen LogP contribution in [-0.4, -0.2) is 30.7 Å². The van der Waals surface area contributed by atoms with Gasteiger partial charge < -0.3 is 4.74 Å². The zero-order valence-corrected chi connectivity index (χ0v) is 16.7. The van der Waals surface area contributed by atoms with Crippen LogP contribution in [0.2, 0.25) is 0 Å². The van der Waals surface area contributed by atoms with Gasteiger partial charge in [-0.05, 0) is 19.4 Å². The minimum absolute atomic E-state index is 0.0940. The van der Waals surface area contributed by atoms with Crippen LogP contribution in [0.15, 0.2) is 30.3 Å². The maximum absolute atomic E-state index is 13.2. The minimum Gasteiger partial charge on any atom is -0.462 e. The smallest absolute Gasteiger partial charge is 0.340 e. The van der Waals surface area contributed by atoms with Crippen LogP contribution in [0.25, 0.3) is 0 Å². The highest BCUT2D eigenvalue weighted by Crippen LogP contribution is 2.44. The lowest BCUT2D eigenvalue weighted by molar-refractivity contribution is 0.0522. The van der Waals surface area contributed by atoms with E-state index >= 15 is 0 Å². The van der Waals surface area contributed by atoms with Gasteiger partial charge in [0.15, 0.2) is 5.78 Å². The summed E-state index contributed by atoms with van der Waals surface area (Å²) >= 11 is 0. The molecular formula is C20H23NO5S. The molecule has 144 valence electrons. The fraction of sp³-hybridized carbons (Fsp3) is 0.400. The van der Waals surface area contributed by atoms with Crippen molar-refractivity contribution in [1.82, 2.24) is 3.97 Å². The number of benzene rings is 1. The van der Waals surface area contributed by atoms with Gasteiger partial charge in [0.2, 0.25) is 10.0 Å². The number of ether oxygens (including phenoxy) is 1. The molecule has 3 rings (SSSR count). The van der Waals surface area contributed by atoms with E-state index in [2.05, 4.69) is 0 Å². The van der Waals surface area contributed by atoms with Crippen LogP contribution in [-0.2, 0) is 25.9 Å². The Morgan fingerprint density at radius 2 is 1.85 bits per heavy atom. The van der Waals surface area contributed by atoms with Gasteiger partial charge in [-0.25, -0.2) is 17.2 Å². The van der Waals surface area contributed by atoms with Gasteiger partial charge in [0.25, 0.3) is 0 Å². The molecule has 0 saturated carbocycles. The second kappa shape index (κ2) is 6.64. The van der Waals surface area contributed by atoms with Crippen LogP contribution in [0.5, 0.6) is 0 Å². The Kier molecular flexibility index (Phi) is 4.76. The first-order valence-corrected chi connectivity index (χ1v) is 10.4. The maximum Gasteiger partial charge on any atom is 0.340 e. The molecule has 1 aliphatic carbocycles. The van der Waals surface area contributed by atoms with Gasteiger partial charge in [-0.15, -0.1) is 0 Å². The number of Topliss-reactive ketones (excluding diaryl/α,β-unsaturated/α-hetero) is 1. The number of aromatic nitrogens is 1. The van der Waals surface area contributed by atoms with Crippen molar-refractivity contribution in [3.8, 4) is 0 Å². The number of rotatable bonds is 5. The van der Waals surface area contributed by atoms with Crippen molar-refractivity contribution in [2.45, 2.75) is 45.3 Å². The van der Waals surface area contributed by atoms with Crippen LogP contribution < -0.4 is 0 Å². The van der Waals surface area contributed by atoms with Gasteiger partial charge in [-0.2, -0.15) is 0 Å². The summed E-state index contributed by atoms with van der Waals surface area (Å²) in [4.78, 5) is 25.3. The zero-order valence-electron chi connectivity index (χ0n) is 15.9. The van der Waals surface area contributed by atoms with Crippen molar-refractivity contribution in [1.29, 1.82) is 0 Å². The van der Waals surface area contributed by atoms with Crippen molar-refractivity contribution in [2.24, 2.45) is 0 Å². The van der Waals surface area contributed by atoms with E-state index in [1.807, 2.05) is 13.8 Å². The first-order valence-electron chi connectivity index (χ1n) is 8.83. The van der Waals surface area contributed by atoms with Gasteiger partial charge in [-0.1, -0.05) is 44.2 Å². The number of hydrogen-bond acceptors (Lipinski definition) is 5. The number of fused-ring (bicyclic) bond motifs is 1. The molecule has 0 amide bonds. The van der Waals surface area contributed by atoms with E-state index in [4.69, 9.17) is 4.74 Å². The molecule has 0 fully saturated rings. The van der Waals surface area contributed by atoms with Gasteiger partial charge in [0, 0.05) is 23.1 Å². The predicted octanol–water partition coefficient (Wildman–Crippen LogP) is 3.22. The van der Waals surface area contributed by atoms with Crippen molar-refractivity contribution in [3.63, 3.8) is 0 Å². The van der Waals surface area contributed by atoms with Crippen molar-refractivity contribution < 1.29 is 22.7 Å². The molecule has 2 aromatic rings. The lowest BCUT2D eigenvalue weighted by Gasteiger charge is -2.18. The van der Waals surface area contributed by atoms with Crippen molar-refractivity contribution >= 4 is 21.8 Å². The molecule has 0 aliphatic heterocycles. The van der Waals surface area contributed by atoms with Gasteiger partial charge in [0.05, 0.1) is 17.9 Å². The molecule has 1 aromatic heterocycles. The van der Waals surface area contributed by atoms with E-state index < -0.39 is 21.4 Å². The zero-order chi connectivity index (χ0) is 20.0. The first kappa shape index (κ1) is 19.4. The molecule has 1 aromatic carbocycles. The lowest BCUT2D eigenvalue weighted by Crippen LogP contribution is -2.22. The molecular weight excluding hydrogens is 366 g/mol. The summed E-state index contributed by atoms with van der Waals surface area (Å²) < 4.78 is 32.6. The van der Waals surface area contributed by atoms with Crippen LogP contribution in [0, 0.1) is 6.92 Å². The molecule has 6 nitrogen and oxygen atoms in total. The quantitative estimate of drug-likeness (QED) is 0.734. The summed E-state index contributed by atoms with van der Waals surface area (Å²) in [5.41, 5.74) is 0.973. The fourth-order valence-corrected chi connectivity index (χ4v) is 5.53. The molecule has 0 unspecified atom stereocenters. The summed E-state index contributed by atoms with van der Waals surface area (Å²) in [5.74, 6) is -1.13. The normalized spacial score (nSPS) is 15.6. The van der Waals surface area contributed by atoms with Gasteiger partial charge in [-0.3, -0.25) is 4.79 Å². The molecule has 0 atom stereocenters. The van der Waals surface area contributed by atoms with Crippen LogP contribution in [0.3, 0.4) is 0 Å². The molecule has 0 radical (unpaired) electrons. The van der Waals surface area contributed by atoms with Gasteiger partial charge in [0.1, 0.15) is 5.69 Å². The first-order chi connectivity index (χ1) is 12.6. The largest absolute Gasteiger partial charge is 0.462 e. The van der Waals surface area contributed by atoms with E-state index in [0.717, 1.165) is 3.97 Å². The highest BCUT2D eigenvalue weighted by Gasteiger charge is 2.46. The molecule has 0 N–H and O–H groups in total. The molecule has 0 bridgehead atoms. The van der Waals surface area contributed by atoms with Crippen LogP contribution >= 0.6 is 0 Å². The Labute approximate surface area is 159 Å². The maximum atomic E-state index is 13.2. The molecule has 1 heterocycles. The Balaban J connectivity index is 2.24.